The van der Waals surface area contributed by atoms with Gasteiger partial charge in [0.2, 0.25) is 0 Å². The number of rotatable bonds is 3. The SMILES string of the molecule is Cn1nc(C(=O)N2CCCN(Cc3ccc(C(F)(F)F)cc3)CC2)ccc1=O. The Hall–Kier alpha value is -2.68. The summed E-state index contributed by atoms with van der Waals surface area (Å²) in [5.74, 6) is -0.230. The van der Waals surface area contributed by atoms with E-state index in [1.807, 2.05) is 0 Å². The number of hydrogen-bond donors (Lipinski definition) is 0. The molecular formula is C19H21F3N4O2. The Labute approximate surface area is 160 Å². The van der Waals surface area contributed by atoms with Crippen molar-refractivity contribution in [2.45, 2.75) is 19.1 Å². The predicted octanol–water partition coefficient (Wildman–Crippen LogP) is 2.15. The average molecular weight is 394 g/mol. The second kappa shape index (κ2) is 8.14. The number of alkyl halides is 3. The van der Waals surface area contributed by atoms with E-state index in [-0.39, 0.29) is 17.2 Å². The number of aryl methyl sites for hydroxylation is 1. The summed E-state index contributed by atoms with van der Waals surface area (Å²) in [6, 6.07) is 7.91. The van der Waals surface area contributed by atoms with E-state index in [1.54, 1.807) is 4.90 Å². The number of amides is 1. The number of benzene rings is 1. The van der Waals surface area contributed by atoms with Crippen LogP contribution in [0.25, 0.3) is 0 Å². The van der Waals surface area contributed by atoms with Crippen LogP contribution >= 0.6 is 0 Å². The maximum Gasteiger partial charge on any atom is 0.416 e. The van der Waals surface area contributed by atoms with Gasteiger partial charge in [0.25, 0.3) is 11.5 Å². The van der Waals surface area contributed by atoms with Crippen molar-refractivity contribution in [3.05, 3.63) is 63.6 Å². The van der Waals surface area contributed by atoms with Crippen LogP contribution in [0.3, 0.4) is 0 Å². The van der Waals surface area contributed by atoms with Crippen LogP contribution in [0.5, 0.6) is 0 Å². The molecule has 1 aliphatic heterocycles. The molecule has 0 unspecified atom stereocenters. The molecule has 1 aromatic heterocycles. The van der Waals surface area contributed by atoms with Crippen molar-refractivity contribution in [3.63, 3.8) is 0 Å². The fourth-order valence-electron chi connectivity index (χ4n) is 3.17. The molecule has 0 atom stereocenters. The molecule has 3 rings (SSSR count). The quantitative estimate of drug-likeness (QED) is 0.801. The Morgan fingerprint density at radius 2 is 1.75 bits per heavy atom. The molecule has 0 aliphatic carbocycles. The van der Waals surface area contributed by atoms with Gasteiger partial charge in [-0.1, -0.05) is 12.1 Å². The van der Waals surface area contributed by atoms with Gasteiger partial charge in [-0.3, -0.25) is 14.5 Å². The molecule has 0 spiro atoms. The highest BCUT2D eigenvalue weighted by atomic mass is 19.4. The van der Waals surface area contributed by atoms with Gasteiger partial charge in [-0.2, -0.15) is 18.3 Å². The average Bonchev–Trinajstić information content (AvgIpc) is 2.89. The van der Waals surface area contributed by atoms with Gasteiger partial charge < -0.3 is 4.90 Å². The summed E-state index contributed by atoms with van der Waals surface area (Å²) in [5, 5.41) is 4.00. The lowest BCUT2D eigenvalue weighted by Gasteiger charge is -2.22. The normalized spacial score (nSPS) is 16.1. The summed E-state index contributed by atoms with van der Waals surface area (Å²) in [6.45, 7) is 2.93. The van der Waals surface area contributed by atoms with Crippen LogP contribution in [0.2, 0.25) is 0 Å². The first-order valence-corrected chi connectivity index (χ1v) is 8.96. The lowest BCUT2D eigenvalue weighted by Crippen LogP contribution is -2.36. The molecule has 28 heavy (non-hydrogen) atoms. The van der Waals surface area contributed by atoms with E-state index >= 15 is 0 Å². The van der Waals surface area contributed by atoms with Crippen LogP contribution in [0.1, 0.15) is 28.0 Å². The highest BCUT2D eigenvalue weighted by Crippen LogP contribution is 2.29. The number of carbonyl (C=O) groups is 1. The molecule has 0 radical (unpaired) electrons. The first-order valence-electron chi connectivity index (χ1n) is 8.96. The molecular weight excluding hydrogens is 373 g/mol. The summed E-state index contributed by atoms with van der Waals surface area (Å²) >= 11 is 0. The van der Waals surface area contributed by atoms with Gasteiger partial charge in [-0.15, -0.1) is 0 Å². The Bertz CT molecular complexity index is 893. The van der Waals surface area contributed by atoms with Gasteiger partial charge in [0.05, 0.1) is 5.56 Å². The van der Waals surface area contributed by atoms with E-state index in [1.165, 1.54) is 31.3 Å². The smallest absolute Gasteiger partial charge is 0.336 e. The topological polar surface area (TPSA) is 58.4 Å². The molecule has 0 bridgehead atoms. The van der Waals surface area contributed by atoms with Crippen molar-refractivity contribution in [1.29, 1.82) is 0 Å². The van der Waals surface area contributed by atoms with Gasteiger partial charge in [0.1, 0.15) is 5.69 Å². The lowest BCUT2D eigenvalue weighted by molar-refractivity contribution is -0.137. The molecule has 9 heteroatoms. The highest BCUT2D eigenvalue weighted by molar-refractivity contribution is 5.92. The number of halogens is 3. The van der Waals surface area contributed by atoms with Crippen LogP contribution in [0.15, 0.2) is 41.2 Å². The first kappa shape index (κ1) is 20.1. The molecule has 1 aromatic carbocycles. The maximum atomic E-state index is 12.7. The molecule has 1 saturated heterocycles. The van der Waals surface area contributed by atoms with E-state index in [9.17, 15) is 22.8 Å². The number of carbonyl (C=O) groups excluding carboxylic acids is 1. The summed E-state index contributed by atoms with van der Waals surface area (Å²) in [6.07, 6.45) is -3.59. The Morgan fingerprint density at radius 3 is 2.39 bits per heavy atom. The third kappa shape index (κ3) is 4.78. The molecule has 150 valence electrons. The van der Waals surface area contributed by atoms with E-state index in [0.29, 0.717) is 26.2 Å². The molecule has 2 aromatic rings. The monoisotopic (exact) mass is 394 g/mol. The third-order valence-corrected chi connectivity index (χ3v) is 4.74. The van der Waals surface area contributed by atoms with Crippen molar-refractivity contribution in [3.8, 4) is 0 Å². The largest absolute Gasteiger partial charge is 0.416 e. The highest BCUT2D eigenvalue weighted by Gasteiger charge is 2.30. The fraction of sp³-hybridized carbons (Fsp3) is 0.421. The van der Waals surface area contributed by atoms with E-state index in [0.717, 1.165) is 35.3 Å². The second-order valence-corrected chi connectivity index (χ2v) is 6.80. The number of nitrogens with zero attached hydrogens (tertiary/aromatic N) is 4. The summed E-state index contributed by atoms with van der Waals surface area (Å²) in [7, 11) is 1.49. The molecule has 1 amide bonds. The molecule has 2 heterocycles. The molecule has 6 nitrogen and oxygen atoms in total. The minimum Gasteiger partial charge on any atom is -0.336 e. The number of aromatic nitrogens is 2. The van der Waals surface area contributed by atoms with Gasteiger partial charge in [0.15, 0.2) is 0 Å². The predicted molar refractivity (Wildman–Crippen MR) is 96.7 cm³/mol. The lowest BCUT2D eigenvalue weighted by atomic mass is 10.1. The zero-order chi connectivity index (χ0) is 20.3. The van der Waals surface area contributed by atoms with Gasteiger partial charge in [-0.05, 0) is 30.2 Å². The van der Waals surface area contributed by atoms with Crippen molar-refractivity contribution in [2.24, 2.45) is 7.05 Å². The minimum absolute atomic E-state index is 0.221. The second-order valence-electron chi connectivity index (χ2n) is 6.80. The van der Waals surface area contributed by atoms with Gasteiger partial charge >= 0.3 is 6.18 Å². The van der Waals surface area contributed by atoms with Crippen LogP contribution in [-0.4, -0.2) is 51.7 Å². The van der Waals surface area contributed by atoms with Crippen LogP contribution in [-0.2, 0) is 19.8 Å². The fourth-order valence-corrected chi connectivity index (χ4v) is 3.17. The van der Waals surface area contributed by atoms with E-state index in [4.69, 9.17) is 0 Å². The summed E-state index contributed by atoms with van der Waals surface area (Å²) < 4.78 is 39.1. The summed E-state index contributed by atoms with van der Waals surface area (Å²) in [5.41, 5.74) is 0.0783. The molecule has 1 aliphatic rings. The number of hydrogen-bond acceptors (Lipinski definition) is 4. The minimum atomic E-state index is -4.34. The van der Waals surface area contributed by atoms with E-state index in [2.05, 4.69) is 10.00 Å². The van der Waals surface area contributed by atoms with Crippen LogP contribution < -0.4 is 5.56 Å². The van der Waals surface area contributed by atoms with Crippen molar-refractivity contribution in [1.82, 2.24) is 19.6 Å². The van der Waals surface area contributed by atoms with Crippen LogP contribution in [0, 0.1) is 0 Å². The summed E-state index contributed by atoms with van der Waals surface area (Å²) in [4.78, 5) is 27.9. The molecule has 0 N–H and O–H groups in total. The maximum absolute atomic E-state index is 12.7. The zero-order valence-corrected chi connectivity index (χ0v) is 15.4. The van der Waals surface area contributed by atoms with Crippen molar-refractivity contribution in [2.75, 3.05) is 26.2 Å². The molecule has 0 saturated carbocycles. The molecule has 1 fully saturated rings. The Kier molecular flexibility index (Phi) is 5.83. The van der Waals surface area contributed by atoms with Crippen molar-refractivity contribution >= 4 is 5.91 Å². The van der Waals surface area contributed by atoms with Crippen LogP contribution in [0.4, 0.5) is 13.2 Å². The first-order chi connectivity index (χ1) is 13.2. The standard InChI is InChI=1S/C19H21F3N4O2/c1-24-17(27)8-7-16(23-24)18(28)26-10-2-9-25(11-12-26)13-14-3-5-15(6-4-14)19(20,21)22/h3-8H,2,9-13H2,1H3. The Morgan fingerprint density at radius 1 is 1.04 bits per heavy atom. The van der Waals surface area contributed by atoms with E-state index < -0.39 is 11.7 Å². The van der Waals surface area contributed by atoms with Gasteiger partial charge in [0, 0.05) is 45.8 Å². The zero-order valence-electron chi connectivity index (χ0n) is 15.4. The Balaban J connectivity index is 1.60. The van der Waals surface area contributed by atoms with Crippen molar-refractivity contribution < 1.29 is 18.0 Å². The third-order valence-electron chi connectivity index (χ3n) is 4.74. The van der Waals surface area contributed by atoms with Gasteiger partial charge in [-0.25, -0.2) is 4.68 Å².